The number of halogens is 1. The van der Waals surface area contributed by atoms with Crippen LogP contribution in [-0.4, -0.2) is 0 Å². The van der Waals surface area contributed by atoms with E-state index >= 15 is 0 Å². The maximum absolute atomic E-state index is 3.38. The fourth-order valence-corrected chi connectivity index (χ4v) is 1.21. The molecule has 1 aromatic carbocycles. The van der Waals surface area contributed by atoms with Crippen molar-refractivity contribution in [2.24, 2.45) is 0 Å². The van der Waals surface area contributed by atoms with Crippen LogP contribution in [0.15, 0.2) is 22.7 Å². The molecule has 0 amide bonds. The van der Waals surface area contributed by atoms with Crippen LogP contribution >= 0.6 is 15.9 Å². The maximum Gasteiger partial charge on any atom is 0.0181 e. The van der Waals surface area contributed by atoms with Gasteiger partial charge in [-0.15, -0.1) is 0 Å². The van der Waals surface area contributed by atoms with Crippen molar-refractivity contribution in [2.45, 2.75) is 26.2 Å². The van der Waals surface area contributed by atoms with Gasteiger partial charge in [-0.25, -0.2) is 0 Å². The van der Waals surface area contributed by atoms with Gasteiger partial charge in [-0.3, -0.25) is 0 Å². The highest BCUT2D eigenvalue weighted by atomic mass is 79.9. The van der Waals surface area contributed by atoms with Crippen molar-refractivity contribution in [1.82, 2.24) is 0 Å². The van der Waals surface area contributed by atoms with Gasteiger partial charge in [-0.05, 0) is 36.6 Å². The molecule has 0 nitrogen and oxygen atoms in total. The molecular weight excluding hydrogens is 200 g/mol. The summed E-state index contributed by atoms with van der Waals surface area (Å²) in [6.45, 7) is 2.21. The van der Waals surface area contributed by atoms with Gasteiger partial charge >= 0.3 is 0 Å². The highest BCUT2D eigenvalue weighted by Crippen LogP contribution is 2.11. The predicted molar refractivity (Wildman–Crippen MR) is 51.6 cm³/mol. The molecule has 59 valence electrons. The molecule has 1 radical (unpaired) electrons. The van der Waals surface area contributed by atoms with Crippen LogP contribution in [0.1, 0.15) is 25.3 Å². The van der Waals surface area contributed by atoms with E-state index in [0.29, 0.717) is 0 Å². The largest absolute Gasteiger partial charge is 0.0654 e. The second-order valence-corrected chi connectivity index (χ2v) is 3.55. The minimum atomic E-state index is 1.11. The van der Waals surface area contributed by atoms with Gasteiger partial charge in [-0.2, -0.15) is 0 Å². The number of rotatable bonds is 3. The monoisotopic (exact) mass is 211 g/mol. The third-order valence-electron chi connectivity index (χ3n) is 1.64. The van der Waals surface area contributed by atoms with E-state index in [1.54, 1.807) is 0 Å². The first-order valence-corrected chi connectivity index (χ1v) is 4.78. The predicted octanol–water partition coefficient (Wildman–Crippen LogP) is 3.59. The van der Waals surface area contributed by atoms with Crippen LogP contribution in [0.5, 0.6) is 0 Å². The van der Waals surface area contributed by atoms with Crippen molar-refractivity contribution in [3.63, 3.8) is 0 Å². The van der Waals surface area contributed by atoms with Crippen LogP contribution < -0.4 is 0 Å². The van der Waals surface area contributed by atoms with E-state index in [2.05, 4.69) is 41.1 Å². The van der Waals surface area contributed by atoms with Gasteiger partial charge in [0.1, 0.15) is 0 Å². The second kappa shape index (κ2) is 4.55. The highest BCUT2D eigenvalue weighted by molar-refractivity contribution is 9.10. The first kappa shape index (κ1) is 8.79. The summed E-state index contributed by atoms with van der Waals surface area (Å²) in [6, 6.07) is 9.40. The summed E-state index contributed by atoms with van der Waals surface area (Å²) in [5, 5.41) is 0. The van der Waals surface area contributed by atoms with E-state index in [-0.39, 0.29) is 0 Å². The molecule has 0 fully saturated rings. The fraction of sp³-hybridized carbons (Fsp3) is 0.400. The van der Waals surface area contributed by atoms with Gasteiger partial charge in [0.2, 0.25) is 0 Å². The summed E-state index contributed by atoms with van der Waals surface area (Å²) in [5.41, 5.74) is 1.31. The van der Waals surface area contributed by atoms with E-state index in [1.165, 1.54) is 18.4 Å². The summed E-state index contributed by atoms with van der Waals surface area (Å²) < 4.78 is 1.11. The first-order valence-electron chi connectivity index (χ1n) is 3.99. The molecule has 0 atom stereocenters. The molecule has 0 aliphatic rings. The number of hydrogen-bond donors (Lipinski definition) is 0. The normalized spacial score (nSPS) is 10.0. The Morgan fingerprint density at radius 3 is 2.82 bits per heavy atom. The van der Waals surface area contributed by atoms with Gasteiger partial charge in [0, 0.05) is 4.47 Å². The molecule has 0 aliphatic heterocycles. The topological polar surface area (TPSA) is 0 Å². The van der Waals surface area contributed by atoms with E-state index in [9.17, 15) is 0 Å². The van der Waals surface area contributed by atoms with Crippen LogP contribution in [0.25, 0.3) is 0 Å². The zero-order valence-corrected chi connectivity index (χ0v) is 8.32. The Bertz CT molecular complexity index is 201. The molecule has 0 spiro atoms. The van der Waals surface area contributed by atoms with E-state index in [4.69, 9.17) is 0 Å². The minimum Gasteiger partial charge on any atom is -0.0654 e. The standard InChI is InChI=1S/C10H12Br/c1-2-3-4-9-5-7-10(11)8-6-9/h5,7-8H,2-4H2,1H3. The zero-order chi connectivity index (χ0) is 8.10. The van der Waals surface area contributed by atoms with Gasteiger partial charge in [0.05, 0.1) is 0 Å². The van der Waals surface area contributed by atoms with Gasteiger partial charge < -0.3 is 0 Å². The van der Waals surface area contributed by atoms with Gasteiger partial charge in [-0.1, -0.05) is 35.3 Å². The lowest BCUT2D eigenvalue weighted by atomic mass is 10.1. The van der Waals surface area contributed by atoms with Gasteiger partial charge in [0.15, 0.2) is 0 Å². The Hall–Kier alpha value is -0.300. The molecule has 1 heteroatoms. The van der Waals surface area contributed by atoms with Crippen LogP contribution in [0.3, 0.4) is 0 Å². The molecule has 11 heavy (non-hydrogen) atoms. The molecule has 0 aromatic heterocycles. The van der Waals surface area contributed by atoms with Crippen molar-refractivity contribution in [3.05, 3.63) is 34.3 Å². The van der Waals surface area contributed by atoms with E-state index in [1.807, 2.05) is 6.07 Å². The molecule has 0 aliphatic carbocycles. The third-order valence-corrected chi connectivity index (χ3v) is 2.13. The molecule has 1 aromatic rings. The van der Waals surface area contributed by atoms with Crippen LogP contribution in [-0.2, 0) is 6.42 Å². The fourth-order valence-electron chi connectivity index (χ4n) is 0.961. The summed E-state index contributed by atoms with van der Waals surface area (Å²) in [4.78, 5) is 0. The molecule has 1 rings (SSSR count). The van der Waals surface area contributed by atoms with Crippen molar-refractivity contribution in [3.8, 4) is 0 Å². The Balaban J connectivity index is 2.52. The van der Waals surface area contributed by atoms with E-state index in [0.717, 1.165) is 10.9 Å². The zero-order valence-electron chi connectivity index (χ0n) is 6.73. The van der Waals surface area contributed by atoms with Gasteiger partial charge in [0.25, 0.3) is 0 Å². The number of hydrogen-bond acceptors (Lipinski definition) is 0. The van der Waals surface area contributed by atoms with Crippen molar-refractivity contribution in [2.75, 3.05) is 0 Å². The molecule has 0 saturated heterocycles. The number of benzene rings is 1. The Kier molecular flexibility index (Phi) is 3.64. The molecule has 0 bridgehead atoms. The van der Waals surface area contributed by atoms with Crippen LogP contribution in [0, 0.1) is 6.07 Å². The second-order valence-electron chi connectivity index (χ2n) is 2.64. The maximum atomic E-state index is 3.38. The lowest BCUT2D eigenvalue weighted by Crippen LogP contribution is -1.83. The van der Waals surface area contributed by atoms with Crippen molar-refractivity contribution >= 4 is 15.9 Å². The average Bonchev–Trinajstić information content (AvgIpc) is 2.04. The summed E-state index contributed by atoms with van der Waals surface area (Å²) in [6.07, 6.45) is 3.67. The quantitative estimate of drug-likeness (QED) is 0.718. The Morgan fingerprint density at radius 1 is 1.45 bits per heavy atom. The lowest BCUT2D eigenvalue weighted by molar-refractivity contribution is 0.794. The number of unbranched alkanes of at least 4 members (excludes halogenated alkanes) is 1. The SMILES string of the molecule is CCCCc1[c]cc(Br)cc1. The minimum absolute atomic E-state index is 1.11. The number of aryl methyl sites for hydroxylation is 1. The van der Waals surface area contributed by atoms with Crippen LogP contribution in [0.4, 0.5) is 0 Å². The highest BCUT2D eigenvalue weighted by Gasteiger charge is 1.91. The smallest absolute Gasteiger partial charge is 0.0181 e. The summed E-state index contributed by atoms with van der Waals surface area (Å²) in [5.74, 6) is 0. The van der Waals surface area contributed by atoms with Crippen LogP contribution in [0.2, 0.25) is 0 Å². The molecule has 0 N–H and O–H groups in total. The van der Waals surface area contributed by atoms with Crippen molar-refractivity contribution in [1.29, 1.82) is 0 Å². The average molecular weight is 212 g/mol. The molecule has 0 saturated carbocycles. The molecular formula is C10H12Br. The summed E-state index contributed by atoms with van der Waals surface area (Å²) in [7, 11) is 0. The molecule has 0 heterocycles. The Labute approximate surface area is 76.8 Å². The molecule has 0 unspecified atom stereocenters. The van der Waals surface area contributed by atoms with E-state index < -0.39 is 0 Å². The summed E-state index contributed by atoms with van der Waals surface area (Å²) >= 11 is 3.38. The van der Waals surface area contributed by atoms with Crippen molar-refractivity contribution < 1.29 is 0 Å². The lowest BCUT2D eigenvalue weighted by Gasteiger charge is -1.97. The Morgan fingerprint density at radius 2 is 2.27 bits per heavy atom. The third kappa shape index (κ3) is 3.06. The first-order chi connectivity index (χ1) is 5.33.